The van der Waals surface area contributed by atoms with Gasteiger partial charge >= 0.3 is 0 Å². The fourth-order valence-corrected chi connectivity index (χ4v) is 3.72. The molecule has 0 aromatic rings. The lowest BCUT2D eigenvalue weighted by Crippen LogP contribution is -2.49. The molecule has 98 valence electrons. The second-order valence-corrected chi connectivity index (χ2v) is 6.34. The lowest BCUT2D eigenvalue weighted by Gasteiger charge is -2.36. The van der Waals surface area contributed by atoms with Gasteiger partial charge in [0.05, 0.1) is 0 Å². The molecule has 17 heavy (non-hydrogen) atoms. The van der Waals surface area contributed by atoms with E-state index in [-0.39, 0.29) is 0 Å². The van der Waals surface area contributed by atoms with E-state index in [9.17, 15) is 0 Å². The van der Waals surface area contributed by atoms with Gasteiger partial charge in [-0.3, -0.25) is 4.90 Å². The number of nitrogens with one attached hydrogen (secondary N) is 1. The molecule has 3 aliphatic heterocycles. The Morgan fingerprint density at radius 3 is 2.76 bits per heavy atom. The van der Waals surface area contributed by atoms with E-state index in [2.05, 4.69) is 22.0 Å². The molecule has 1 N–H and O–H groups in total. The summed E-state index contributed by atoms with van der Waals surface area (Å²) < 4.78 is 0. The summed E-state index contributed by atoms with van der Waals surface area (Å²) in [5, 5.41) is 3.40. The quantitative estimate of drug-likeness (QED) is 0.790. The molecule has 0 aromatic heterocycles. The summed E-state index contributed by atoms with van der Waals surface area (Å²) in [6.07, 6.45) is 4.25. The largest absolute Gasteiger partial charge is 0.316 e. The SMILES string of the molecule is CC(CN1CCCN2CCCC2C1)C1CNC1. The van der Waals surface area contributed by atoms with Crippen LogP contribution in [0.3, 0.4) is 0 Å². The highest BCUT2D eigenvalue weighted by molar-refractivity contribution is 4.87. The molecule has 3 rings (SSSR count). The van der Waals surface area contributed by atoms with Gasteiger partial charge in [-0.1, -0.05) is 6.92 Å². The van der Waals surface area contributed by atoms with Crippen molar-refractivity contribution in [2.24, 2.45) is 11.8 Å². The van der Waals surface area contributed by atoms with E-state index in [1.54, 1.807) is 0 Å². The van der Waals surface area contributed by atoms with E-state index >= 15 is 0 Å². The molecule has 3 aliphatic rings. The monoisotopic (exact) mass is 237 g/mol. The lowest BCUT2D eigenvalue weighted by atomic mass is 9.88. The first-order chi connectivity index (χ1) is 8.33. The van der Waals surface area contributed by atoms with Crippen LogP contribution < -0.4 is 5.32 Å². The van der Waals surface area contributed by atoms with E-state index in [1.807, 2.05) is 0 Å². The van der Waals surface area contributed by atoms with Gasteiger partial charge in [-0.25, -0.2) is 0 Å². The van der Waals surface area contributed by atoms with E-state index in [1.165, 1.54) is 65.1 Å². The van der Waals surface area contributed by atoms with Crippen molar-refractivity contribution < 1.29 is 0 Å². The first kappa shape index (κ1) is 11.9. The number of rotatable bonds is 3. The van der Waals surface area contributed by atoms with Crippen molar-refractivity contribution in [1.29, 1.82) is 0 Å². The van der Waals surface area contributed by atoms with Crippen LogP contribution >= 0.6 is 0 Å². The van der Waals surface area contributed by atoms with Crippen LogP contribution in [0.2, 0.25) is 0 Å². The molecule has 3 saturated heterocycles. The van der Waals surface area contributed by atoms with Gasteiger partial charge in [0.25, 0.3) is 0 Å². The van der Waals surface area contributed by atoms with Crippen LogP contribution in [0.25, 0.3) is 0 Å². The molecule has 3 nitrogen and oxygen atoms in total. The van der Waals surface area contributed by atoms with E-state index in [4.69, 9.17) is 0 Å². The predicted molar refractivity (Wildman–Crippen MR) is 71.2 cm³/mol. The molecular weight excluding hydrogens is 210 g/mol. The van der Waals surface area contributed by atoms with Crippen LogP contribution in [-0.4, -0.2) is 61.7 Å². The van der Waals surface area contributed by atoms with Gasteiger partial charge in [0.15, 0.2) is 0 Å². The van der Waals surface area contributed by atoms with Crippen LogP contribution in [0.5, 0.6) is 0 Å². The molecule has 0 aliphatic carbocycles. The van der Waals surface area contributed by atoms with E-state index in [0.717, 1.165) is 17.9 Å². The number of fused-ring (bicyclic) bond motifs is 1. The first-order valence-electron chi connectivity index (χ1n) is 7.50. The van der Waals surface area contributed by atoms with Crippen molar-refractivity contribution in [2.45, 2.75) is 32.2 Å². The minimum absolute atomic E-state index is 0.879. The standard InChI is InChI=1S/C14H27N3/c1-12(13-8-15-9-13)10-16-5-3-7-17-6-2-4-14(17)11-16/h12-15H,2-11H2,1H3. The third-order valence-electron chi connectivity index (χ3n) is 5.05. The molecule has 3 heterocycles. The number of hydrogen-bond acceptors (Lipinski definition) is 3. The van der Waals surface area contributed by atoms with Crippen molar-refractivity contribution in [2.75, 3.05) is 45.8 Å². The zero-order valence-electron chi connectivity index (χ0n) is 11.2. The van der Waals surface area contributed by atoms with Crippen molar-refractivity contribution in [3.63, 3.8) is 0 Å². The lowest BCUT2D eigenvalue weighted by molar-refractivity contribution is 0.155. The minimum Gasteiger partial charge on any atom is -0.316 e. The zero-order valence-corrected chi connectivity index (χ0v) is 11.2. The molecule has 2 atom stereocenters. The molecule has 3 heteroatoms. The Balaban J connectivity index is 1.51. The second-order valence-electron chi connectivity index (χ2n) is 6.34. The number of hydrogen-bond donors (Lipinski definition) is 1. The van der Waals surface area contributed by atoms with Crippen LogP contribution in [0.1, 0.15) is 26.2 Å². The summed E-state index contributed by atoms with van der Waals surface area (Å²) in [4.78, 5) is 5.48. The predicted octanol–water partition coefficient (Wildman–Crippen LogP) is 1.01. The van der Waals surface area contributed by atoms with Crippen molar-refractivity contribution >= 4 is 0 Å². The Kier molecular flexibility index (Phi) is 3.69. The first-order valence-corrected chi connectivity index (χ1v) is 7.50. The summed E-state index contributed by atoms with van der Waals surface area (Å²) >= 11 is 0. The van der Waals surface area contributed by atoms with Crippen LogP contribution in [0.15, 0.2) is 0 Å². The molecule has 3 fully saturated rings. The Morgan fingerprint density at radius 2 is 2.00 bits per heavy atom. The molecular formula is C14H27N3. The smallest absolute Gasteiger partial charge is 0.0223 e. The van der Waals surface area contributed by atoms with Gasteiger partial charge in [-0.2, -0.15) is 0 Å². The topological polar surface area (TPSA) is 18.5 Å². The average molecular weight is 237 g/mol. The molecule has 0 radical (unpaired) electrons. The maximum Gasteiger partial charge on any atom is 0.0223 e. The van der Waals surface area contributed by atoms with Crippen molar-refractivity contribution in [1.82, 2.24) is 15.1 Å². The average Bonchev–Trinajstić information content (AvgIpc) is 2.55. The van der Waals surface area contributed by atoms with Crippen LogP contribution in [-0.2, 0) is 0 Å². The molecule has 0 saturated carbocycles. The third kappa shape index (κ3) is 2.67. The van der Waals surface area contributed by atoms with Gasteiger partial charge < -0.3 is 10.2 Å². The summed E-state index contributed by atoms with van der Waals surface area (Å²) in [6.45, 7) is 11.7. The summed E-state index contributed by atoms with van der Waals surface area (Å²) in [5.74, 6) is 1.82. The maximum absolute atomic E-state index is 3.40. The fourth-order valence-electron chi connectivity index (χ4n) is 3.72. The highest BCUT2D eigenvalue weighted by Crippen LogP contribution is 2.23. The molecule has 2 unspecified atom stereocenters. The Bertz CT molecular complexity index is 252. The van der Waals surface area contributed by atoms with E-state index < -0.39 is 0 Å². The van der Waals surface area contributed by atoms with Gasteiger partial charge in [0, 0.05) is 19.1 Å². The van der Waals surface area contributed by atoms with Gasteiger partial charge in [0.1, 0.15) is 0 Å². The van der Waals surface area contributed by atoms with Gasteiger partial charge in [-0.05, 0) is 63.8 Å². The Hall–Kier alpha value is -0.120. The normalized spacial score (nSPS) is 34.1. The zero-order chi connectivity index (χ0) is 11.7. The summed E-state index contributed by atoms with van der Waals surface area (Å²) in [5.41, 5.74) is 0. The van der Waals surface area contributed by atoms with Crippen molar-refractivity contribution in [3.05, 3.63) is 0 Å². The highest BCUT2D eigenvalue weighted by atomic mass is 15.3. The molecule has 0 aromatic carbocycles. The van der Waals surface area contributed by atoms with E-state index in [0.29, 0.717) is 0 Å². The molecule has 0 amide bonds. The van der Waals surface area contributed by atoms with Gasteiger partial charge in [0.2, 0.25) is 0 Å². The molecule has 0 bridgehead atoms. The summed E-state index contributed by atoms with van der Waals surface area (Å²) in [6, 6.07) is 0.879. The third-order valence-corrected chi connectivity index (χ3v) is 5.05. The van der Waals surface area contributed by atoms with Gasteiger partial charge in [-0.15, -0.1) is 0 Å². The second kappa shape index (κ2) is 5.25. The minimum atomic E-state index is 0.879. The maximum atomic E-state index is 3.40. The van der Waals surface area contributed by atoms with Crippen molar-refractivity contribution in [3.8, 4) is 0 Å². The fraction of sp³-hybridized carbons (Fsp3) is 1.00. The summed E-state index contributed by atoms with van der Waals surface area (Å²) in [7, 11) is 0. The Labute approximate surface area is 106 Å². The highest BCUT2D eigenvalue weighted by Gasteiger charge is 2.31. The molecule has 0 spiro atoms. The van der Waals surface area contributed by atoms with Crippen LogP contribution in [0.4, 0.5) is 0 Å². The Morgan fingerprint density at radius 1 is 1.18 bits per heavy atom. The number of nitrogens with zero attached hydrogens (tertiary/aromatic N) is 2. The van der Waals surface area contributed by atoms with Crippen LogP contribution in [0, 0.1) is 11.8 Å².